The molecule has 0 radical (unpaired) electrons. The molecule has 2 atom stereocenters. The fourth-order valence-electron chi connectivity index (χ4n) is 2.62. The average Bonchev–Trinajstić information content (AvgIpc) is 2.80. The van der Waals surface area contributed by atoms with E-state index in [1.165, 1.54) is 25.7 Å². The van der Waals surface area contributed by atoms with Crippen LogP contribution in [0, 0.1) is 5.92 Å². The Morgan fingerprint density at radius 1 is 1.33 bits per heavy atom. The summed E-state index contributed by atoms with van der Waals surface area (Å²) >= 11 is 5.92. The van der Waals surface area contributed by atoms with Crippen molar-refractivity contribution in [2.24, 2.45) is 5.92 Å². The standard InChI is InChI=1S/C12H16ClN5/c1-7-4-2-3-5-9(7)15-10-8-6-14-18-11(8)17-12(13)16-10/h6-7,9H,2-5H2,1H3,(H2,14,15,16,17,18). The van der Waals surface area contributed by atoms with Crippen LogP contribution in [-0.2, 0) is 0 Å². The fraction of sp³-hybridized carbons (Fsp3) is 0.583. The first-order valence-corrected chi connectivity index (χ1v) is 6.75. The molecule has 18 heavy (non-hydrogen) atoms. The zero-order chi connectivity index (χ0) is 12.5. The SMILES string of the molecule is CC1CCCCC1Nc1nc(Cl)nc2[nH]ncc12. The van der Waals surface area contributed by atoms with E-state index in [9.17, 15) is 0 Å². The molecular formula is C12H16ClN5. The average molecular weight is 266 g/mol. The molecule has 2 aromatic heterocycles. The number of hydrogen-bond donors (Lipinski definition) is 2. The van der Waals surface area contributed by atoms with Gasteiger partial charge in [-0.3, -0.25) is 5.10 Å². The Hall–Kier alpha value is -1.36. The predicted octanol–water partition coefficient (Wildman–Crippen LogP) is 3.00. The van der Waals surface area contributed by atoms with Gasteiger partial charge in [-0.1, -0.05) is 19.8 Å². The molecular weight excluding hydrogens is 250 g/mol. The first-order valence-electron chi connectivity index (χ1n) is 6.37. The van der Waals surface area contributed by atoms with Gasteiger partial charge in [-0.05, 0) is 30.4 Å². The lowest BCUT2D eigenvalue weighted by atomic mass is 9.86. The van der Waals surface area contributed by atoms with Gasteiger partial charge in [-0.15, -0.1) is 0 Å². The lowest BCUT2D eigenvalue weighted by molar-refractivity contribution is 0.349. The van der Waals surface area contributed by atoms with Crippen molar-refractivity contribution in [3.8, 4) is 0 Å². The fourth-order valence-corrected chi connectivity index (χ4v) is 2.79. The highest BCUT2D eigenvalue weighted by atomic mass is 35.5. The third-order valence-electron chi connectivity index (χ3n) is 3.72. The molecule has 2 aromatic rings. The van der Waals surface area contributed by atoms with Crippen LogP contribution in [0.1, 0.15) is 32.6 Å². The molecule has 0 bridgehead atoms. The van der Waals surface area contributed by atoms with Crippen LogP contribution in [0.5, 0.6) is 0 Å². The van der Waals surface area contributed by atoms with Crippen molar-refractivity contribution >= 4 is 28.5 Å². The van der Waals surface area contributed by atoms with E-state index in [1.54, 1.807) is 6.20 Å². The number of rotatable bonds is 2. The van der Waals surface area contributed by atoms with Crippen LogP contribution >= 0.6 is 11.6 Å². The topological polar surface area (TPSA) is 66.5 Å². The molecule has 2 heterocycles. The summed E-state index contributed by atoms with van der Waals surface area (Å²) in [5.41, 5.74) is 0.681. The molecule has 2 unspecified atom stereocenters. The van der Waals surface area contributed by atoms with E-state index in [1.807, 2.05) is 0 Å². The number of H-pyrrole nitrogens is 1. The van der Waals surface area contributed by atoms with Crippen molar-refractivity contribution in [2.45, 2.75) is 38.6 Å². The molecule has 0 saturated heterocycles. The van der Waals surface area contributed by atoms with E-state index in [-0.39, 0.29) is 5.28 Å². The maximum absolute atomic E-state index is 5.92. The summed E-state index contributed by atoms with van der Waals surface area (Å²) in [5, 5.41) is 11.5. The van der Waals surface area contributed by atoms with Gasteiger partial charge in [0.1, 0.15) is 5.82 Å². The summed E-state index contributed by atoms with van der Waals surface area (Å²) in [6, 6.07) is 0.461. The Kier molecular flexibility index (Phi) is 3.07. The lowest BCUT2D eigenvalue weighted by Crippen LogP contribution is -2.30. The second-order valence-electron chi connectivity index (χ2n) is 4.99. The third kappa shape index (κ3) is 2.14. The van der Waals surface area contributed by atoms with Gasteiger partial charge in [-0.2, -0.15) is 15.1 Å². The van der Waals surface area contributed by atoms with Gasteiger partial charge in [0.25, 0.3) is 0 Å². The van der Waals surface area contributed by atoms with Gasteiger partial charge < -0.3 is 5.32 Å². The van der Waals surface area contributed by atoms with Crippen LogP contribution < -0.4 is 5.32 Å². The molecule has 0 spiro atoms. The number of fused-ring (bicyclic) bond motifs is 1. The van der Waals surface area contributed by atoms with Crippen molar-refractivity contribution < 1.29 is 0 Å². The Balaban J connectivity index is 1.91. The first kappa shape index (κ1) is 11.7. The zero-order valence-electron chi connectivity index (χ0n) is 10.3. The smallest absolute Gasteiger partial charge is 0.226 e. The molecule has 2 N–H and O–H groups in total. The molecule has 6 heteroatoms. The number of nitrogens with zero attached hydrogens (tertiary/aromatic N) is 3. The second kappa shape index (κ2) is 4.72. The summed E-state index contributed by atoms with van der Waals surface area (Å²) in [4.78, 5) is 8.39. The Morgan fingerprint density at radius 2 is 2.17 bits per heavy atom. The van der Waals surface area contributed by atoms with Crippen molar-refractivity contribution in [3.63, 3.8) is 0 Å². The summed E-state index contributed by atoms with van der Waals surface area (Å²) in [7, 11) is 0. The van der Waals surface area contributed by atoms with Gasteiger partial charge in [-0.25, -0.2) is 0 Å². The highest BCUT2D eigenvalue weighted by Crippen LogP contribution is 2.28. The highest BCUT2D eigenvalue weighted by Gasteiger charge is 2.22. The van der Waals surface area contributed by atoms with E-state index >= 15 is 0 Å². The third-order valence-corrected chi connectivity index (χ3v) is 3.89. The van der Waals surface area contributed by atoms with Crippen molar-refractivity contribution in [3.05, 3.63) is 11.5 Å². The highest BCUT2D eigenvalue weighted by molar-refractivity contribution is 6.28. The maximum Gasteiger partial charge on any atom is 0.226 e. The van der Waals surface area contributed by atoms with E-state index in [2.05, 4.69) is 32.4 Å². The molecule has 3 rings (SSSR count). The van der Waals surface area contributed by atoms with Crippen LogP contribution in [0.4, 0.5) is 5.82 Å². The molecule has 1 aliphatic carbocycles. The number of halogens is 1. The van der Waals surface area contributed by atoms with Crippen molar-refractivity contribution in [1.82, 2.24) is 20.2 Å². The largest absolute Gasteiger partial charge is 0.366 e. The summed E-state index contributed by atoms with van der Waals surface area (Å²) < 4.78 is 0. The van der Waals surface area contributed by atoms with Gasteiger partial charge in [0.05, 0.1) is 11.6 Å². The van der Waals surface area contributed by atoms with E-state index in [0.29, 0.717) is 17.6 Å². The minimum atomic E-state index is 0.248. The minimum absolute atomic E-state index is 0.248. The Bertz CT molecular complexity index is 552. The van der Waals surface area contributed by atoms with Crippen LogP contribution in [0.15, 0.2) is 6.20 Å². The maximum atomic E-state index is 5.92. The lowest BCUT2D eigenvalue weighted by Gasteiger charge is -2.30. The molecule has 0 aromatic carbocycles. The molecule has 0 amide bonds. The number of hydrogen-bond acceptors (Lipinski definition) is 4. The van der Waals surface area contributed by atoms with Crippen LogP contribution in [0.25, 0.3) is 11.0 Å². The Labute approximate surface area is 110 Å². The van der Waals surface area contributed by atoms with Crippen molar-refractivity contribution in [1.29, 1.82) is 0 Å². The first-order chi connectivity index (χ1) is 8.74. The number of anilines is 1. The van der Waals surface area contributed by atoms with E-state index in [0.717, 1.165) is 11.2 Å². The minimum Gasteiger partial charge on any atom is -0.366 e. The molecule has 96 valence electrons. The number of nitrogens with one attached hydrogen (secondary N) is 2. The van der Waals surface area contributed by atoms with Gasteiger partial charge in [0, 0.05) is 6.04 Å². The number of aromatic nitrogens is 4. The second-order valence-corrected chi connectivity index (χ2v) is 5.32. The normalized spacial score (nSPS) is 24.3. The van der Waals surface area contributed by atoms with Crippen LogP contribution in [0.2, 0.25) is 5.28 Å². The monoisotopic (exact) mass is 265 g/mol. The van der Waals surface area contributed by atoms with E-state index < -0.39 is 0 Å². The summed E-state index contributed by atoms with van der Waals surface area (Å²) in [6.45, 7) is 2.28. The molecule has 1 fully saturated rings. The van der Waals surface area contributed by atoms with Gasteiger partial charge >= 0.3 is 0 Å². The number of aromatic amines is 1. The summed E-state index contributed by atoms with van der Waals surface area (Å²) in [6.07, 6.45) is 6.79. The zero-order valence-corrected chi connectivity index (χ0v) is 11.0. The predicted molar refractivity (Wildman–Crippen MR) is 71.7 cm³/mol. The quantitative estimate of drug-likeness (QED) is 0.819. The van der Waals surface area contributed by atoms with Gasteiger partial charge in [0.15, 0.2) is 5.65 Å². The molecule has 5 nitrogen and oxygen atoms in total. The molecule has 0 aliphatic heterocycles. The van der Waals surface area contributed by atoms with Crippen LogP contribution in [0.3, 0.4) is 0 Å². The van der Waals surface area contributed by atoms with Crippen LogP contribution in [-0.4, -0.2) is 26.2 Å². The molecule has 1 saturated carbocycles. The summed E-state index contributed by atoms with van der Waals surface area (Å²) in [5.74, 6) is 1.45. The van der Waals surface area contributed by atoms with Crippen molar-refractivity contribution in [2.75, 3.05) is 5.32 Å². The van der Waals surface area contributed by atoms with Gasteiger partial charge in [0.2, 0.25) is 5.28 Å². The molecule has 1 aliphatic rings. The van der Waals surface area contributed by atoms with E-state index in [4.69, 9.17) is 11.6 Å². The Morgan fingerprint density at radius 3 is 3.00 bits per heavy atom.